The minimum atomic E-state index is 1.13. The Morgan fingerprint density at radius 2 is 1.85 bits per heavy atom. The molecule has 102 valence electrons. The number of hydrogen-bond donors (Lipinski definition) is 0. The highest BCUT2D eigenvalue weighted by molar-refractivity contribution is 5.79. The van der Waals surface area contributed by atoms with Gasteiger partial charge in [-0.3, -0.25) is 0 Å². The molecule has 1 aromatic carbocycles. The Hall–Kier alpha value is -2.09. The van der Waals surface area contributed by atoms with Crippen LogP contribution in [-0.4, -0.2) is 14.1 Å². The van der Waals surface area contributed by atoms with Gasteiger partial charge in [-0.15, -0.1) is 0 Å². The van der Waals surface area contributed by atoms with Gasteiger partial charge >= 0.3 is 0 Å². The van der Waals surface area contributed by atoms with Crippen LogP contribution in [0.15, 0.2) is 48.7 Å². The Labute approximate surface area is 121 Å². The fraction of sp³-hybridized carbons (Fsp3) is 0.278. The van der Waals surface area contributed by atoms with Crippen molar-refractivity contribution in [1.29, 1.82) is 0 Å². The summed E-state index contributed by atoms with van der Waals surface area (Å²) in [4.78, 5) is 2.13. The second-order valence-electron chi connectivity index (χ2n) is 5.54. The summed E-state index contributed by atoms with van der Waals surface area (Å²) in [5.74, 6) is 0. The lowest BCUT2D eigenvalue weighted by Gasteiger charge is -2.14. The molecule has 2 nitrogen and oxygen atoms in total. The van der Waals surface area contributed by atoms with Crippen LogP contribution in [0.3, 0.4) is 0 Å². The van der Waals surface area contributed by atoms with E-state index >= 15 is 0 Å². The van der Waals surface area contributed by atoms with Gasteiger partial charge in [0.1, 0.15) is 6.54 Å². The fourth-order valence-electron chi connectivity index (χ4n) is 2.75. The molecule has 0 N–H and O–H groups in total. The van der Waals surface area contributed by atoms with E-state index < -0.39 is 0 Å². The second-order valence-corrected chi connectivity index (χ2v) is 5.54. The van der Waals surface area contributed by atoms with Gasteiger partial charge in [0.15, 0.2) is 6.20 Å². The molecule has 0 amide bonds. The number of fused-ring (bicyclic) bond motifs is 1. The Kier molecular flexibility index (Phi) is 3.55. The molecule has 2 heterocycles. The van der Waals surface area contributed by atoms with Crippen LogP contribution in [0.1, 0.15) is 24.1 Å². The molecule has 20 heavy (non-hydrogen) atoms. The minimum absolute atomic E-state index is 1.13. The monoisotopic (exact) mass is 265 g/mol. The zero-order valence-electron chi connectivity index (χ0n) is 12.2. The molecule has 0 saturated heterocycles. The molecule has 0 spiro atoms. The van der Waals surface area contributed by atoms with Gasteiger partial charge in [0.2, 0.25) is 5.69 Å². The van der Waals surface area contributed by atoms with E-state index in [0.717, 1.165) is 6.54 Å². The van der Waals surface area contributed by atoms with Crippen molar-refractivity contribution in [3.8, 4) is 0 Å². The van der Waals surface area contributed by atoms with Gasteiger partial charge in [0.25, 0.3) is 0 Å². The maximum atomic E-state index is 2.35. The predicted molar refractivity (Wildman–Crippen MR) is 84.5 cm³/mol. The minimum Gasteiger partial charge on any atom is -0.378 e. The molecule has 0 unspecified atom stereocenters. The molecule has 0 aliphatic carbocycles. The largest absolute Gasteiger partial charge is 0.378 e. The SMILES string of the molecule is CN(C)c1ccc(/C=C2\CCC[n+]3ccccc32)cc1. The van der Waals surface area contributed by atoms with Crippen molar-refractivity contribution in [2.75, 3.05) is 19.0 Å². The molecule has 2 heteroatoms. The molecular weight excluding hydrogens is 244 g/mol. The summed E-state index contributed by atoms with van der Waals surface area (Å²) < 4.78 is 2.35. The molecule has 0 atom stereocenters. The summed E-state index contributed by atoms with van der Waals surface area (Å²) in [5, 5.41) is 0. The topological polar surface area (TPSA) is 7.12 Å². The van der Waals surface area contributed by atoms with Crippen molar-refractivity contribution in [2.45, 2.75) is 19.4 Å². The van der Waals surface area contributed by atoms with Gasteiger partial charge < -0.3 is 4.90 Å². The Bertz CT molecular complexity index is 624. The number of nitrogens with zero attached hydrogens (tertiary/aromatic N) is 2. The third kappa shape index (κ3) is 2.60. The third-order valence-electron chi connectivity index (χ3n) is 3.87. The van der Waals surface area contributed by atoms with E-state index in [1.165, 1.54) is 35.4 Å². The average Bonchev–Trinajstić information content (AvgIpc) is 2.48. The van der Waals surface area contributed by atoms with Crippen molar-refractivity contribution >= 4 is 17.3 Å². The predicted octanol–water partition coefficient (Wildman–Crippen LogP) is 3.37. The van der Waals surface area contributed by atoms with E-state index in [1.54, 1.807) is 0 Å². The van der Waals surface area contributed by atoms with Crippen LogP contribution < -0.4 is 9.47 Å². The van der Waals surface area contributed by atoms with Crippen molar-refractivity contribution in [1.82, 2.24) is 0 Å². The van der Waals surface area contributed by atoms with Crippen LogP contribution in [0.2, 0.25) is 0 Å². The highest BCUT2D eigenvalue weighted by atomic mass is 15.1. The molecule has 0 bridgehead atoms. The normalized spacial score (nSPS) is 16.0. The summed E-state index contributed by atoms with van der Waals surface area (Å²) in [6.07, 6.45) is 6.89. The van der Waals surface area contributed by atoms with Gasteiger partial charge in [0, 0.05) is 43.9 Å². The van der Waals surface area contributed by atoms with E-state index in [9.17, 15) is 0 Å². The quantitative estimate of drug-likeness (QED) is 0.755. The van der Waals surface area contributed by atoms with Crippen LogP contribution in [-0.2, 0) is 6.54 Å². The van der Waals surface area contributed by atoms with E-state index in [0.29, 0.717) is 0 Å². The smallest absolute Gasteiger partial charge is 0.208 e. The zero-order valence-corrected chi connectivity index (χ0v) is 12.2. The summed E-state index contributed by atoms with van der Waals surface area (Å²) in [7, 11) is 4.14. The Morgan fingerprint density at radius 3 is 2.60 bits per heavy atom. The van der Waals surface area contributed by atoms with Crippen molar-refractivity contribution < 1.29 is 4.57 Å². The van der Waals surface area contributed by atoms with E-state index in [1.807, 2.05) is 0 Å². The van der Waals surface area contributed by atoms with E-state index in [-0.39, 0.29) is 0 Å². The molecule has 1 aliphatic heterocycles. The first-order chi connectivity index (χ1) is 9.74. The lowest BCUT2D eigenvalue weighted by molar-refractivity contribution is -0.702. The molecule has 0 fully saturated rings. The van der Waals surface area contributed by atoms with Gasteiger partial charge in [-0.2, -0.15) is 4.57 Å². The van der Waals surface area contributed by atoms with Crippen molar-refractivity contribution in [2.24, 2.45) is 0 Å². The number of hydrogen-bond acceptors (Lipinski definition) is 1. The number of aromatic nitrogens is 1. The van der Waals surface area contributed by atoms with Crippen LogP contribution >= 0.6 is 0 Å². The highest BCUT2D eigenvalue weighted by Crippen LogP contribution is 2.24. The van der Waals surface area contributed by atoms with Gasteiger partial charge in [-0.1, -0.05) is 12.1 Å². The van der Waals surface area contributed by atoms with Gasteiger partial charge in [-0.25, -0.2) is 0 Å². The number of aryl methyl sites for hydroxylation is 1. The summed E-state index contributed by atoms with van der Waals surface area (Å²) in [6.45, 7) is 1.13. The molecule has 0 radical (unpaired) electrons. The van der Waals surface area contributed by atoms with Gasteiger partial charge in [0.05, 0.1) is 0 Å². The zero-order chi connectivity index (χ0) is 13.9. The molecule has 0 saturated carbocycles. The fourth-order valence-corrected chi connectivity index (χ4v) is 2.75. The molecular formula is C18H21N2+. The van der Waals surface area contributed by atoms with Crippen LogP contribution in [0.5, 0.6) is 0 Å². The first-order valence-corrected chi connectivity index (χ1v) is 7.21. The van der Waals surface area contributed by atoms with E-state index in [2.05, 4.69) is 78.3 Å². The number of allylic oxidation sites excluding steroid dienone is 1. The van der Waals surface area contributed by atoms with Crippen LogP contribution in [0.4, 0.5) is 5.69 Å². The molecule has 2 aromatic rings. The first kappa shape index (κ1) is 12.9. The summed E-state index contributed by atoms with van der Waals surface area (Å²) in [6, 6.07) is 15.2. The lowest BCUT2D eigenvalue weighted by atomic mass is 9.99. The Balaban J connectivity index is 1.93. The van der Waals surface area contributed by atoms with Crippen molar-refractivity contribution in [3.05, 3.63) is 59.9 Å². The summed E-state index contributed by atoms with van der Waals surface area (Å²) in [5.41, 5.74) is 5.32. The van der Waals surface area contributed by atoms with Crippen LogP contribution in [0.25, 0.3) is 11.6 Å². The molecule has 1 aromatic heterocycles. The average molecular weight is 265 g/mol. The standard InChI is InChI=1S/C18H21N2/c1-19(2)17-10-8-15(9-11-17)14-16-6-5-13-20-12-4-3-7-18(16)20/h3-4,7-12,14H,5-6,13H2,1-2H3/q+1. The lowest BCUT2D eigenvalue weighted by Crippen LogP contribution is -2.40. The maximum Gasteiger partial charge on any atom is 0.208 e. The number of pyridine rings is 1. The second kappa shape index (κ2) is 5.49. The maximum absolute atomic E-state index is 2.35. The number of benzene rings is 1. The Morgan fingerprint density at radius 1 is 1.05 bits per heavy atom. The highest BCUT2D eigenvalue weighted by Gasteiger charge is 2.19. The number of rotatable bonds is 2. The number of anilines is 1. The van der Waals surface area contributed by atoms with Gasteiger partial charge in [-0.05, 0) is 36.3 Å². The first-order valence-electron chi connectivity index (χ1n) is 7.21. The summed E-state index contributed by atoms with van der Waals surface area (Å²) >= 11 is 0. The van der Waals surface area contributed by atoms with Crippen molar-refractivity contribution in [3.63, 3.8) is 0 Å². The van der Waals surface area contributed by atoms with E-state index in [4.69, 9.17) is 0 Å². The molecule has 1 aliphatic rings. The molecule has 3 rings (SSSR count). The van der Waals surface area contributed by atoms with Crippen LogP contribution in [0, 0.1) is 0 Å². The third-order valence-corrected chi connectivity index (χ3v) is 3.87.